The van der Waals surface area contributed by atoms with Crippen molar-refractivity contribution in [3.63, 3.8) is 0 Å². The first-order valence-corrected chi connectivity index (χ1v) is 7.44. The van der Waals surface area contributed by atoms with Gasteiger partial charge in [0.2, 0.25) is 0 Å². The molecular weight excluding hydrogens is 250 g/mol. The lowest BCUT2D eigenvalue weighted by atomic mass is 10.3. The van der Waals surface area contributed by atoms with Crippen molar-refractivity contribution in [2.75, 3.05) is 18.6 Å². The maximum atomic E-state index is 10.8. The predicted octanol–water partition coefficient (Wildman–Crippen LogP) is 1.04. The van der Waals surface area contributed by atoms with E-state index in [4.69, 9.17) is 4.74 Å². The summed E-state index contributed by atoms with van der Waals surface area (Å²) < 4.78 is 31.7. The molecule has 0 spiro atoms. The van der Waals surface area contributed by atoms with E-state index < -0.39 is 10.1 Å². The monoisotopic (exact) mass is 261 g/mol. The van der Waals surface area contributed by atoms with E-state index in [0.29, 0.717) is 12.3 Å². The van der Waals surface area contributed by atoms with Crippen molar-refractivity contribution < 1.29 is 17.3 Å². The highest BCUT2D eigenvalue weighted by molar-refractivity contribution is 7.99. The molecule has 0 aliphatic carbocycles. The van der Waals surface area contributed by atoms with Crippen molar-refractivity contribution in [1.82, 2.24) is 4.98 Å². The van der Waals surface area contributed by atoms with Crippen LogP contribution in [0.4, 0.5) is 0 Å². The zero-order chi connectivity index (χ0) is 11.6. The van der Waals surface area contributed by atoms with E-state index in [-0.39, 0.29) is 6.61 Å². The summed E-state index contributed by atoms with van der Waals surface area (Å²) in [5.41, 5.74) is 0.585. The molecule has 0 atom stereocenters. The summed E-state index contributed by atoms with van der Waals surface area (Å²) in [6.07, 6.45) is 2.62. The van der Waals surface area contributed by atoms with E-state index in [1.54, 1.807) is 24.0 Å². The molecule has 0 radical (unpaired) electrons. The van der Waals surface area contributed by atoms with Gasteiger partial charge in [0.25, 0.3) is 10.1 Å². The van der Waals surface area contributed by atoms with Gasteiger partial charge in [0.05, 0.1) is 29.6 Å². The van der Waals surface area contributed by atoms with Crippen LogP contribution >= 0.6 is 11.8 Å². The molecule has 0 amide bonds. The number of nitrogens with zero attached hydrogens (tertiary/aromatic N) is 1. The standard InChI is InChI=1S/C9H11NO4S2/c1-16(11,12)14-6-7-4-9-8(5-10-7)13-2-3-15-9/h4-5H,2-3,6H2,1H3. The fourth-order valence-electron chi connectivity index (χ4n) is 1.24. The maximum absolute atomic E-state index is 10.8. The van der Waals surface area contributed by atoms with Crippen molar-refractivity contribution in [1.29, 1.82) is 0 Å². The quantitative estimate of drug-likeness (QED) is 0.758. The summed E-state index contributed by atoms with van der Waals surface area (Å²) >= 11 is 1.67. The largest absolute Gasteiger partial charge is 0.490 e. The number of aromatic nitrogens is 1. The number of hydrogen-bond acceptors (Lipinski definition) is 6. The van der Waals surface area contributed by atoms with E-state index in [1.165, 1.54) is 0 Å². The Morgan fingerprint density at radius 3 is 3.19 bits per heavy atom. The lowest BCUT2D eigenvalue weighted by Crippen LogP contribution is -2.09. The number of fused-ring (bicyclic) bond motifs is 1. The van der Waals surface area contributed by atoms with E-state index in [1.807, 2.05) is 0 Å². The average Bonchev–Trinajstić information content (AvgIpc) is 2.25. The minimum atomic E-state index is -3.42. The van der Waals surface area contributed by atoms with Crippen LogP contribution in [0.1, 0.15) is 5.69 Å². The molecule has 1 aliphatic heterocycles. The van der Waals surface area contributed by atoms with Crippen LogP contribution in [0.2, 0.25) is 0 Å². The Hall–Kier alpha value is -0.790. The first kappa shape index (κ1) is 11.7. The predicted molar refractivity (Wildman–Crippen MR) is 60.1 cm³/mol. The molecule has 0 saturated heterocycles. The van der Waals surface area contributed by atoms with Gasteiger partial charge in [0, 0.05) is 5.75 Å². The molecule has 16 heavy (non-hydrogen) atoms. The molecule has 2 heterocycles. The Morgan fingerprint density at radius 2 is 2.44 bits per heavy atom. The molecule has 1 aromatic rings. The Balaban J connectivity index is 2.11. The second-order valence-electron chi connectivity index (χ2n) is 3.29. The Kier molecular flexibility index (Phi) is 3.36. The summed E-state index contributed by atoms with van der Waals surface area (Å²) in [4.78, 5) is 5.05. The average molecular weight is 261 g/mol. The van der Waals surface area contributed by atoms with Crippen LogP contribution < -0.4 is 4.74 Å². The van der Waals surface area contributed by atoms with Gasteiger partial charge in [-0.15, -0.1) is 11.8 Å². The lowest BCUT2D eigenvalue weighted by Gasteiger charge is -2.16. The van der Waals surface area contributed by atoms with Crippen molar-refractivity contribution in [2.24, 2.45) is 0 Å². The van der Waals surface area contributed by atoms with E-state index in [0.717, 1.165) is 22.7 Å². The highest BCUT2D eigenvalue weighted by Gasteiger charge is 2.13. The van der Waals surface area contributed by atoms with Crippen molar-refractivity contribution in [3.8, 4) is 5.75 Å². The molecule has 1 aliphatic rings. The third kappa shape index (κ3) is 3.10. The molecule has 0 aromatic carbocycles. The van der Waals surface area contributed by atoms with E-state index >= 15 is 0 Å². The van der Waals surface area contributed by atoms with Crippen molar-refractivity contribution in [2.45, 2.75) is 11.5 Å². The second kappa shape index (κ2) is 4.60. The van der Waals surface area contributed by atoms with Crippen LogP contribution in [-0.4, -0.2) is 32.0 Å². The van der Waals surface area contributed by atoms with Crippen LogP contribution in [0.3, 0.4) is 0 Å². The fraction of sp³-hybridized carbons (Fsp3) is 0.444. The molecule has 0 unspecified atom stereocenters. The summed E-state index contributed by atoms with van der Waals surface area (Å²) in [5, 5.41) is 0. The van der Waals surface area contributed by atoms with Crippen LogP contribution in [0.25, 0.3) is 0 Å². The topological polar surface area (TPSA) is 65.5 Å². The minimum Gasteiger partial charge on any atom is -0.490 e. The summed E-state index contributed by atoms with van der Waals surface area (Å²) in [6, 6.07) is 1.80. The zero-order valence-electron chi connectivity index (χ0n) is 8.67. The van der Waals surface area contributed by atoms with Crippen LogP contribution in [0, 0.1) is 0 Å². The Labute approximate surface area is 98.3 Å². The lowest BCUT2D eigenvalue weighted by molar-refractivity contribution is 0.303. The number of ether oxygens (including phenoxy) is 1. The van der Waals surface area contributed by atoms with Gasteiger partial charge in [-0.25, -0.2) is 0 Å². The van der Waals surface area contributed by atoms with Gasteiger partial charge in [-0.3, -0.25) is 9.17 Å². The summed E-state index contributed by atoms with van der Waals surface area (Å²) in [5.74, 6) is 1.64. The van der Waals surface area contributed by atoms with Crippen LogP contribution in [0.15, 0.2) is 17.2 Å². The number of pyridine rings is 1. The Morgan fingerprint density at radius 1 is 1.62 bits per heavy atom. The van der Waals surface area contributed by atoms with E-state index in [2.05, 4.69) is 9.17 Å². The molecule has 5 nitrogen and oxygen atoms in total. The fourth-order valence-corrected chi connectivity index (χ4v) is 2.43. The van der Waals surface area contributed by atoms with Crippen LogP contribution in [0.5, 0.6) is 5.75 Å². The highest BCUT2D eigenvalue weighted by Crippen LogP contribution is 2.32. The molecule has 0 saturated carbocycles. The molecule has 0 N–H and O–H groups in total. The molecule has 0 fully saturated rings. The van der Waals surface area contributed by atoms with Gasteiger partial charge in [0.1, 0.15) is 6.61 Å². The van der Waals surface area contributed by atoms with Gasteiger partial charge in [-0.2, -0.15) is 8.42 Å². The van der Waals surface area contributed by atoms with Crippen molar-refractivity contribution >= 4 is 21.9 Å². The molecule has 0 bridgehead atoms. The Bertz CT molecular complexity index is 486. The molecule has 7 heteroatoms. The number of rotatable bonds is 3. The summed E-state index contributed by atoms with van der Waals surface area (Å²) in [6.45, 7) is 0.644. The van der Waals surface area contributed by atoms with Gasteiger partial charge >= 0.3 is 0 Å². The molecule has 2 rings (SSSR count). The first-order chi connectivity index (χ1) is 7.54. The van der Waals surface area contributed by atoms with Gasteiger partial charge in [0.15, 0.2) is 5.75 Å². The second-order valence-corrected chi connectivity index (χ2v) is 6.07. The molecule has 1 aromatic heterocycles. The smallest absolute Gasteiger partial charge is 0.264 e. The first-order valence-electron chi connectivity index (χ1n) is 4.63. The zero-order valence-corrected chi connectivity index (χ0v) is 10.3. The highest BCUT2D eigenvalue weighted by atomic mass is 32.2. The SMILES string of the molecule is CS(=O)(=O)OCc1cc2c(cn1)OCCS2. The maximum Gasteiger partial charge on any atom is 0.264 e. The van der Waals surface area contributed by atoms with Crippen LogP contribution in [-0.2, 0) is 20.9 Å². The normalized spacial score (nSPS) is 15.3. The van der Waals surface area contributed by atoms with Gasteiger partial charge in [-0.05, 0) is 6.07 Å². The molecular formula is C9H11NO4S2. The van der Waals surface area contributed by atoms with E-state index in [9.17, 15) is 8.42 Å². The summed E-state index contributed by atoms with van der Waals surface area (Å²) in [7, 11) is -3.42. The minimum absolute atomic E-state index is 0.0350. The third-order valence-electron chi connectivity index (χ3n) is 1.91. The number of thioether (sulfide) groups is 1. The number of hydrogen-bond donors (Lipinski definition) is 0. The molecule has 88 valence electrons. The van der Waals surface area contributed by atoms with Gasteiger partial charge < -0.3 is 4.74 Å². The third-order valence-corrected chi connectivity index (χ3v) is 3.45. The van der Waals surface area contributed by atoms with Crippen molar-refractivity contribution in [3.05, 3.63) is 18.0 Å². The van der Waals surface area contributed by atoms with Gasteiger partial charge in [-0.1, -0.05) is 0 Å².